The van der Waals surface area contributed by atoms with Crippen molar-refractivity contribution in [1.82, 2.24) is 9.88 Å². The Balaban J connectivity index is 1.28. The normalized spacial score (nSPS) is 24.5. The molecule has 3 aromatic rings. The van der Waals surface area contributed by atoms with Gasteiger partial charge in [-0.25, -0.2) is 4.79 Å². The van der Waals surface area contributed by atoms with Crippen LogP contribution in [0, 0.1) is 0 Å². The maximum atomic E-state index is 13.1. The average Bonchev–Trinajstić information content (AvgIpc) is 3.45. The Morgan fingerprint density at radius 1 is 1.32 bits per heavy atom. The number of carbonyl (C=O) groups is 1. The lowest BCUT2D eigenvalue weighted by molar-refractivity contribution is -0.135. The summed E-state index contributed by atoms with van der Waals surface area (Å²) in [6.45, 7) is 4.54. The zero-order chi connectivity index (χ0) is 21.6. The first-order chi connectivity index (χ1) is 14.9. The number of carbonyl (C=O) groups excluding carboxylic acids is 1. The summed E-state index contributed by atoms with van der Waals surface area (Å²) in [4.78, 5) is 14.0. The van der Waals surface area contributed by atoms with Gasteiger partial charge in [-0.2, -0.15) is 11.8 Å². The third-order valence-electron chi connectivity index (χ3n) is 5.91. The smallest absolute Gasteiger partial charge is 0.326 e. The molecule has 1 N–H and O–H groups in total. The van der Waals surface area contributed by atoms with E-state index in [1.54, 1.807) is 4.57 Å². The molecule has 0 radical (unpaired) electrons. The zero-order valence-corrected chi connectivity index (χ0v) is 19.9. The van der Waals surface area contributed by atoms with Crippen molar-refractivity contribution in [2.75, 3.05) is 18.1 Å². The molecule has 5 nitrogen and oxygen atoms in total. The predicted molar refractivity (Wildman–Crippen MR) is 128 cm³/mol. The van der Waals surface area contributed by atoms with Gasteiger partial charge in [-0.3, -0.25) is 4.57 Å². The van der Waals surface area contributed by atoms with Gasteiger partial charge in [0.2, 0.25) is 0 Å². The van der Waals surface area contributed by atoms with Crippen LogP contribution in [0.25, 0.3) is 10.2 Å². The molecule has 0 spiro atoms. The van der Waals surface area contributed by atoms with Gasteiger partial charge in [0.1, 0.15) is 4.83 Å². The van der Waals surface area contributed by atoms with Crippen LogP contribution in [0.5, 0.6) is 0 Å². The largest absolute Gasteiger partial charge is 0.348 e. The van der Waals surface area contributed by atoms with Crippen molar-refractivity contribution >= 4 is 50.9 Å². The van der Waals surface area contributed by atoms with Crippen molar-refractivity contribution in [3.8, 4) is 0 Å². The first-order valence-corrected chi connectivity index (χ1v) is 12.8. The number of aromatic nitrogens is 1. The van der Waals surface area contributed by atoms with Crippen LogP contribution in [0.15, 0.2) is 42.6 Å². The number of ether oxygens (including phenoxy) is 2. The second kappa shape index (κ2) is 8.45. The SMILES string of the molecule is CC1(C)OC[C@@H](CSC[C@@H]2c3ccccc3C[C@H]2NC(=O)n2ccc3cc(Cl)sc32)O1. The molecule has 1 fully saturated rings. The van der Waals surface area contributed by atoms with Gasteiger partial charge in [0.05, 0.1) is 17.0 Å². The number of hydrogen-bond donors (Lipinski definition) is 1. The van der Waals surface area contributed by atoms with E-state index in [0.717, 1.165) is 28.1 Å². The van der Waals surface area contributed by atoms with E-state index >= 15 is 0 Å². The summed E-state index contributed by atoms with van der Waals surface area (Å²) in [5, 5.41) is 4.28. The molecule has 164 valence electrons. The number of thiophene rings is 1. The summed E-state index contributed by atoms with van der Waals surface area (Å²) < 4.78 is 14.0. The molecule has 1 aromatic carbocycles. The number of benzene rings is 1. The Morgan fingerprint density at radius 2 is 2.16 bits per heavy atom. The number of thioether (sulfide) groups is 1. The molecule has 0 bridgehead atoms. The molecule has 2 aromatic heterocycles. The molecule has 1 amide bonds. The van der Waals surface area contributed by atoms with Crippen LogP contribution in [-0.4, -0.2) is 46.6 Å². The fourth-order valence-corrected chi connectivity index (χ4v) is 6.91. The molecule has 0 unspecified atom stereocenters. The van der Waals surface area contributed by atoms with Crippen LogP contribution in [0.2, 0.25) is 4.34 Å². The fraction of sp³-hybridized carbons (Fsp3) is 0.435. The summed E-state index contributed by atoms with van der Waals surface area (Å²) >= 11 is 9.43. The van der Waals surface area contributed by atoms with E-state index in [9.17, 15) is 4.79 Å². The Hall–Kier alpha value is -1.51. The molecule has 5 rings (SSSR count). The summed E-state index contributed by atoms with van der Waals surface area (Å²) in [6.07, 6.45) is 2.78. The Labute approximate surface area is 195 Å². The number of fused-ring (bicyclic) bond motifs is 2. The van der Waals surface area contributed by atoms with Crippen molar-refractivity contribution in [1.29, 1.82) is 0 Å². The molecule has 1 saturated heterocycles. The van der Waals surface area contributed by atoms with Gasteiger partial charge in [0.25, 0.3) is 0 Å². The Kier molecular flexibility index (Phi) is 5.81. The van der Waals surface area contributed by atoms with Crippen molar-refractivity contribution in [2.45, 2.75) is 44.1 Å². The second-order valence-corrected chi connectivity index (χ2v) is 11.3. The minimum atomic E-state index is -0.492. The summed E-state index contributed by atoms with van der Waals surface area (Å²) in [5.74, 6) is 1.58. The van der Waals surface area contributed by atoms with E-state index in [1.165, 1.54) is 22.5 Å². The highest BCUT2D eigenvalue weighted by Gasteiger charge is 2.35. The van der Waals surface area contributed by atoms with Crippen LogP contribution in [-0.2, 0) is 15.9 Å². The topological polar surface area (TPSA) is 52.5 Å². The maximum absolute atomic E-state index is 13.1. The van der Waals surface area contributed by atoms with E-state index in [1.807, 2.05) is 43.9 Å². The van der Waals surface area contributed by atoms with E-state index in [0.29, 0.717) is 10.9 Å². The van der Waals surface area contributed by atoms with Gasteiger partial charge in [-0.15, -0.1) is 11.3 Å². The number of nitrogens with one attached hydrogen (secondary N) is 1. The molecular formula is C23H25ClN2O3S2. The third-order valence-corrected chi connectivity index (χ3v) is 8.39. The standard InChI is InChI=1S/C23H25ClN2O3S2/c1-23(2)28-11-16(29-23)12-30-13-18-17-6-4-3-5-14(17)9-19(18)25-22(27)26-8-7-15-10-20(24)31-21(15)26/h3-8,10,16,18-19H,9,11-13H2,1-2H3,(H,25,27)/t16-,18+,19+/m0/s1. The highest BCUT2D eigenvalue weighted by Crippen LogP contribution is 2.37. The molecule has 0 saturated carbocycles. The zero-order valence-electron chi connectivity index (χ0n) is 17.5. The molecule has 1 aliphatic heterocycles. The Morgan fingerprint density at radius 3 is 2.97 bits per heavy atom. The lowest BCUT2D eigenvalue weighted by Gasteiger charge is -2.22. The number of amides is 1. The van der Waals surface area contributed by atoms with Gasteiger partial charge >= 0.3 is 6.03 Å². The highest BCUT2D eigenvalue weighted by atomic mass is 35.5. The molecule has 31 heavy (non-hydrogen) atoms. The van der Waals surface area contributed by atoms with E-state index < -0.39 is 5.79 Å². The summed E-state index contributed by atoms with van der Waals surface area (Å²) in [7, 11) is 0. The molecule has 3 heterocycles. The first-order valence-electron chi connectivity index (χ1n) is 10.4. The third kappa shape index (κ3) is 4.39. The lowest BCUT2D eigenvalue weighted by Crippen LogP contribution is -2.40. The molecular weight excluding hydrogens is 452 g/mol. The van der Waals surface area contributed by atoms with Gasteiger partial charge < -0.3 is 14.8 Å². The number of halogens is 1. The average molecular weight is 477 g/mol. The monoisotopic (exact) mass is 476 g/mol. The van der Waals surface area contributed by atoms with Gasteiger partial charge in [-0.1, -0.05) is 35.9 Å². The highest BCUT2D eigenvalue weighted by molar-refractivity contribution is 7.99. The second-order valence-electron chi connectivity index (χ2n) is 8.55. The summed E-state index contributed by atoms with van der Waals surface area (Å²) in [6, 6.07) is 12.3. The van der Waals surface area contributed by atoms with Crippen molar-refractivity contribution < 1.29 is 14.3 Å². The van der Waals surface area contributed by atoms with E-state index in [-0.39, 0.29) is 24.1 Å². The maximum Gasteiger partial charge on any atom is 0.326 e. The minimum Gasteiger partial charge on any atom is -0.348 e. The quantitative estimate of drug-likeness (QED) is 0.527. The van der Waals surface area contributed by atoms with Gasteiger partial charge in [0, 0.05) is 35.0 Å². The van der Waals surface area contributed by atoms with E-state index in [4.69, 9.17) is 21.1 Å². The van der Waals surface area contributed by atoms with Gasteiger partial charge in [-0.05, 0) is 43.5 Å². The van der Waals surface area contributed by atoms with Crippen LogP contribution in [0.4, 0.5) is 4.79 Å². The van der Waals surface area contributed by atoms with Crippen molar-refractivity contribution in [3.63, 3.8) is 0 Å². The van der Waals surface area contributed by atoms with Gasteiger partial charge in [0.15, 0.2) is 5.79 Å². The van der Waals surface area contributed by atoms with E-state index in [2.05, 4.69) is 29.6 Å². The molecule has 1 aliphatic carbocycles. The molecule has 8 heteroatoms. The first kappa shape index (κ1) is 21.3. The van der Waals surface area contributed by atoms with Crippen molar-refractivity contribution in [3.05, 3.63) is 58.1 Å². The minimum absolute atomic E-state index is 0.0578. The van der Waals surface area contributed by atoms with Crippen LogP contribution >= 0.6 is 34.7 Å². The van der Waals surface area contributed by atoms with Crippen LogP contribution < -0.4 is 5.32 Å². The number of nitrogens with zero attached hydrogens (tertiary/aromatic N) is 1. The summed E-state index contributed by atoms with van der Waals surface area (Å²) in [5.41, 5.74) is 2.65. The van der Waals surface area contributed by atoms with Crippen molar-refractivity contribution in [2.24, 2.45) is 0 Å². The lowest BCUT2D eigenvalue weighted by atomic mass is 10.0. The molecule has 2 aliphatic rings. The fourth-order valence-electron chi connectivity index (χ4n) is 4.49. The number of hydrogen-bond acceptors (Lipinski definition) is 5. The Bertz CT molecular complexity index is 1110. The predicted octanol–water partition coefficient (Wildman–Crippen LogP) is 5.51. The molecule has 3 atom stereocenters. The van der Waals surface area contributed by atoms with Crippen LogP contribution in [0.3, 0.4) is 0 Å². The number of rotatable bonds is 5. The van der Waals surface area contributed by atoms with Crippen LogP contribution in [0.1, 0.15) is 30.9 Å².